The third-order valence-corrected chi connectivity index (χ3v) is 13.0. The van der Waals surface area contributed by atoms with Crippen LogP contribution >= 0.6 is 0 Å². The molecule has 2 aliphatic heterocycles. The van der Waals surface area contributed by atoms with Crippen LogP contribution in [0.4, 0.5) is 26.7 Å². The maximum atomic E-state index is 13.9. The number of carbonyl (C=O) groups is 7. The molecule has 0 spiro atoms. The van der Waals surface area contributed by atoms with Crippen LogP contribution in [0.1, 0.15) is 57.4 Å². The molecule has 0 bridgehead atoms. The number of esters is 4. The van der Waals surface area contributed by atoms with Gasteiger partial charge in [0.1, 0.15) is 24.6 Å². The Morgan fingerprint density at radius 3 is 1.66 bits per heavy atom. The van der Waals surface area contributed by atoms with Gasteiger partial charge in [0.05, 0.1) is 80.7 Å². The number of hydrogen-bond donors (Lipinski definition) is 1. The zero-order valence-electron chi connectivity index (χ0n) is 44.7. The molecule has 1 fully saturated rings. The first-order valence-corrected chi connectivity index (χ1v) is 26.3. The molecule has 0 aliphatic carbocycles. The average Bonchev–Trinajstić information content (AvgIpc) is 2.91. The summed E-state index contributed by atoms with van der Waals surface area (Å²) in [6.07, 6.45) is -2.15. The van der Waals surface area contributed by atoms with Crippen molar-refractivity contribution in [1.82, 2.24) is 15.1 Å². The van der Waals surface area contributed by atoms with Gasteiger partial charge < -0.3 is 32.9 Å². The van der Waals surface area contributed by atoms with Gasteiger partial charge in [-0.1, -0.05) is 51.1 Å². The normalized spacial score (nSPS) is 15.7. The number of quaternary nitrogens is 1. The number of hydrogen-bond acceptors (Lipinski definition) is 21. The summed E-state index contributed by atoms with van der Waals surface area (Å²) in [7, 11) is 0.927. The van der Waals surface area contributed by atoms with E-state index in [4.69, 9.17) is 31.9 Å². The smallest absolute Gasteiger partial charge is 0.424 e. The van der Waals surface area contributed by atoms with Crippen molar-refractivity contribution < 1.29 is 84.7 Å². The van der Waals surface area contributed by atoms with Crippen molar-refractivity contribution in [3.8, 4) is 5.75 Å². The fourth-order valence-corrected chi connectivity index (χ4v) is 9.02. The lowest BCUT2D eigenvalue weighted by Crippen LogP contribution is -2.62. The lowest BCUT2D eigenvalue weighted by atomic mass is 9.74. The number of carbonyl (C=O) groups excluding carboxylic acids is 7. The number of guanidine groups is 1. The van der Waals surface area contributed by atoms with Crippen molar-refractivity contribution in [2.45, 2.75) is 33.4 Å². The number of nitrogens with zero attached hydrogens (tertiary/aromatic N) is 7. The van der Waals surface area contributed by atoms with E-state index in [0.717, 1.165) is 88.6 Å². The number of nitro groups is 3. The molecular weight excluding hydrogens is 1100 g/mol. The zero-order valence-corrected chi connectivity index (χ0v) is 45.6. The Hall–Kier alpha value is -9.87. The molecule has 28 nitrogen and oxygen atoms in total. The Morgan fingerprint density at radius 2 is 1.18 bits per heavy atom. The molecule has 2 heterocycles. The van der Waals surface area contributed by atoms with E-state index >= 15 is 0 Å². The predicted molar refractivity (Wildman–Crippen MR) is 285 cm³/mol. The Morgan fingerprint density at radius 1 is 0.720 bits per heavy atom. The highest BCUT2D eigenvalue weighted by molar-refractivity contribution is 7.84. The van der Waals surface area contributed by atoms with E-state index in [1.54, 1.807) is 18.2 Å². The fraction of sp³-hybridized carbons (Fsp3) is 0.283. The molecule has 0 saturated carbocycles. The summed E-state index contributed by atoms with van der Waals surface area (Å²) in [6, 6.07) is 23.4. The number of aliphatic imine (C=N–C) groups is 1. The van der Waals surface area contributed by atoms with Gasteiger partial charge in [0.25, 0.3) is 17.1 Å². The summed E-state index contributed by atoms with van der Waals surface area (Å²) >= 11 is 0. The van der Waals surface area contributed by atoms with Gasteiger partial charge >= 0.3 is 36.1 Å². The highest BCUT2D eigenvalue weighted by Gasteiger charge is 2.59. The Kier molecular flexibility index (Phi) is 19.1. The highest BCUT2D eigenvalue weighted by Crippen LogP contribution is 2.49. The number of ether oxygens (including phenoxy) is 4. The van der Waals surface area contributed by atoms with Crippen molar-refractivity contribution in [3.05, 3.63) is 173 Å². The van der Waals surface area contributed by atoms with Crippen molar-refractivity contribution in [1.29, 1.82) is 0 Å². The van der Waals surface area contributed by atoms with Crippen LogP contribution in [0.3, 0.4) is 0 Å². The van der Waals surface area contributed by atoms with E-state index in [0.29, 0.717) is 29.5 Å². The van der Waals surface area contributed by atoms with E-state index in [9.17, 15) is 63.9 Å². The van der Waals surface area contributed by atoms with Crippen molar-refractivity contribution in [3.63, 3.8) is 0 Å². The number of fused-ring (bicyclic) bond motifs is 2. The van der Waals surface area contributed by atoms with Crippen LogP contribution in [0.15, 0.2) is 125 Å². The third kappa shape index (κ3) is 14.9. The van der Waals surface area contributed by atoms with Crippen LogP contribution in [0.25, 0.3) is 10.8 Å². The predicted octanol–water partition coefficient (Wildman–Crippen LogP) is 6.28. The topological polar surface area (TPSA) is 374 Å². The van der Waals surface area contributed by atoms with Gasteiger partial charge in [-0.25, -0.2) is 42.1 Å². The number of alkyl carbamates (subject to hydrolysis) is 1. The molecule has 29 heteroatoms. The van der Waals surface area contributed by atoms with Gasteiger partial charge in [-0.2, -0.15) is 0 Å². The summed E-state index contributed by atoms with van der Waals surface area (Å²) < 4.78 is 49.1. The number of β-lactam (4-membered cyclic amide) rings is 1. The maximum absolute atomic E-state index is 13.9. The summed E-state index contributed by atoms with van der Waals surface area (Å²) in [5.74, 6) is -5.85. The minimum Gasteiger partial charge on any atom is -0.748 e. The first kappa shape index (κ1) is 61.3. The second-order valence-electron chi connectivity index (χ2n) is 19.5. The molecule has 3 amide bonds. The molecule has 0 unspecified atom stereocenters. The third-order valence-electron chi connectivity index (χ3n) is 13.0. The number of rotatable bonds is 16. The quantitative estimate of drug-likeness (QED) is 0.0108. The Balaban J connectivity index is 0.00000207. The molecule has 5 aromatic carbocycles. The van der Waals surface area contributed by atoms with Crippen LogP contribution in [0.2, 0.25) is 0 Å². The molecule has 2 aliphatic rings. The van der Waals surface area contributed by atoms with E-state index < -0.39 is 78.9 Å². The van der Waals surface area contributed by atoms with Crippen molar-refractivity contribution >= 4 is 85.9 Å². The van der Waals surface area contributed by atoms with E-state index in [1.165, 1.54) is 11.9 Å². The second-order valence-corrected chi connectivity index (χ2v) is 20.9. The van der Waals surface area contributed by atoms with Crippen LogP contribution < -0.4 is 10.1 Å². The first-order valence-electron chi connectivity index (χ1n) is 24.5. The van der Waals surface area contributed by atoms with Gasteiger partial charge in [0.2, 0.25) is 11.9 Å². The maximum Gasteiger partial charge on any atom is 0.424 e. The summed E-state index contributed by atoms with van der Waals surface area (Å²) in [6.45, 7) is 5.55. The van der Waals surface area contributed by atoms with E-state index in [-0.39, 0.29) is 81.4 Å². The summed E-state index contributed by atoms with van der Waals surface area (Å²) in [4.78, 5) is 131. The minimum absolute atomic E-state index is 0.0719. The number of benzene rings is 5. The van der Waals surface area contributed by atoms with Crippen molar-refractivity contribution in [2.24, 2.45) is 22.7 Å². The van der Waals surface area contributed by atoms with Crippen LogP contribution in [0, 0.1) is 48.1 Å². The SMILES string of the molecule is CN=C(NC(=O)OC(=O)c1ccc([N+](=O)[O-])cc1)N(CC[N+](C)(C)Cc1cccc2c(OCC3=C(C(=O)OC(=O)c4ccc([N+](=O)[O-])cc4)N4C(=O)[C@H](C(C)C)[C@H]4[C@H]3C)cccc12)C(=O)OC(=O)c1ccc([N+](=O)[O-])cc1.CS(=O)(=O)[O-]. The molecule has 5 aromatic rings. The van der Waals surface area contributed by atoms with Gasteiger partial charge in [-0.3, -0.25) is 45.4 Å². The highest BCUT2D eigenvalue weighted by atomic mass is 32.2. The molecule has 7 rings (SSSR count). The average molecular weight is 1150 g/mol. The van der Waals surface area contributed by atoms with Crippen LogP contribution in [-0.2, 0) is 40.5 Å². The molecule has 0 aromatic heterocycles. The zero-order chi connectivity index (χ0) is 60.5. The molecule has 1 saturated heterocycles. The number of amides is 3. The number of likely N-dealkylation sites (N-methyl/N-ethyl adjacent to an activating group) is 1. The van der Waals surface area contributed by atoms with Crippen LogP contribution in [0.5, 0.6) is 5.75 Å². The summed E-state index contributed by atoms with van der Waals surface area (Å²) in [5.41, 5.74) is -0.375. The Bertz CT molecular complexity index is 3560. The monoisotopic (exact) mass is 1150 g/mol. The first-order chi connectivity index (χ1) is 38.5. The molecule has 0 radical (unpaired) electrons. The van der Waals surface area contributed by atoms with Gasteiger partial charge in [-0.05, 0) is 53.8 Å². The lowest BCUT2D eigenvalue weighted by Gasteiger charge is -2.47. The molecule has 82 heavy (non-hydrogen) atoms. The number of nitro benzene ring substituents is 3. The van der Waals surface area contributed by atoms with Gasteiger partial charge in [-0.15, -0.1) is 0 Å². The van der Waals surface area contributed by atoms with E-state index in [2.05, 4.69) is 10.3 Å². The van der Waals surface area contributed by atoms with E-state index in [1.807, 2.05) is 53.1 Å². The van der Waals surface area contributed by atoms with Crippen LogP contribution in [-0.4, -0.2) is 143 Å². The molecule has 1 N–H and O–H groups in total. The summed E-state index contributed by atoms with van der Waals surface area (Å²) in [5, 5.41) is 37.0. The molecule has 430 valence electrons. The Labute approximate surface area is 466 Å². The lowest BCUT2D eigenvalue weighted by molar-refractivity contribution is -0.902. The fourth-order valence-electron chi connectivity index (χ4n) is 9.02. The second kappa shape index (κ2) is 25.5. The molecule has 3 atom stereocenters. The molecular formula is C53H52N8O20S. The standard InChI is InChI=1S/C52H48N8O17.CH4O3S/c1-29(2)42-43-30(3)40(44(56(43)45(42)61)49(65)75-46(62)31-13-19-35(20-14-31)57(68)69)28-74-41-12-8-10-38-34(9-7-11-39(38)41)27-60(5,6)26-25-55(52(67)77-48(64)33-17-23-37(24-18-33)59(72)73)50(53-4)54-51(66)76-47(63)32-15-21-36(22-16-32)58(70)71;1-5(2,3)4/h7-24,29-30,42-43H,25-28H2,1-6H3;1H3,(H,2,3,4)/t30-,42+,43+;/m0./s1. The number of nitrogens with one attached hydrogen (secondary N) is 1. The van der Waals surface area contributed by atoms with Gasteiger partial charge in [0.15, 0.2) is 0 Å². The van der Waals surface area contributed by atoms with Gasteiger partial charge in [0, 0.05) is 72.1 Å². The largest absolute Gasteiger partial charge is 0.748 e. The number of non-ortho nitro benzene ring substituents is 3. The minimum atomic E-state index is -3.92. The van der Waals surface area contributed by atoms with Crippen molar-refractivity contribution in [2.75, 3.05) is 47.1 Å².